The lowest BCUT2D eigenvalue weighted by atomic mass is 9.96. The molecule has 0 aliphatic rings. The second kappa shape index (κ2) is 7.77. The molecule has 0 spiro atoms. The number of ether oxygens (including phenoxy) is 1. The number of esters is 1. The predicted octanol–water partition coefficient (Wildman–Crippen LogP) is 3.61. The van der Waals surface area contributed by atoms with Crippen molar-refractivity contribution in [1.82, 2.24) is 0 Å². The highest BCUT2D eigenvalue weighted by Crippen LogP contribution is 2.18. The van der Waals surface area contributed by atoms with Gasteiger partial charge in [-0.05, 0) is 43.5 Å². The second-order valence-corrected chi connectivity index (χ2v) is 4.65. The quantitative estimate of drug-likeness (QED) is 0.767. The Hall–Kier alpha value is -1.58. The maximum atomic E-state index is 12.9. The van der Waals surface area contributed by atoms with Gasteiger partial charge in [0.25, 0.3) is 0 Å². The predicted molar refractivity (Wildman–Crippen MR) is 74.5 cm³/mol. The minimum atomic E-state index is -0.398. The lowest BCUT2D eigenvalue weighted by Crippen LogP contribution is -2.37. The molecule has 0 aliphatic carbocycles. The molecule has 106 valence electrons. The summed E-state index contributed by atoms with van der Waals surface area (Å²) in [7, 11) is 0. The minimum absolute atomic E-state index is 0.161. The first-order valence-electron chi connectivity index (χ1n) is 6.77. The largest absolute Gasteiger partial charge is 0.464 e. The Morgan fingerprint density at radius 3 is 2.47 bits per heavy atom. The van der Waals surface area contributed by atoms with E-state index in [1.807, 2.05) is 6.92 Å². The molecule has 0 amide bonds. The zero-order chi connectivity index (χ0) is 14.3. The van der Waals surface area contributed by atoms with E-state index in [9.17, 15) is 9.18 Å². The third-order valence-corrected chi connectivity index (χ3v) is 3.02. The van der Waals surface area contributed by atoms with Crippen molar-refractivity contribution in [2.75, 3.05) is 11.9 Å². The van der Waals surface area contributed by atoms with Gasteiger partial charge in [0.2, 0.25) is 0 Å². The highest BCUT2D eigenvalue weighted by atomic mass is 19.1. The molecule has 2 unspecified atom stereocenters. The molecule has 0 aromatic heterocycles. The molecule has 0 aliphatic heterocycles. The van der Waals surface area contributed by atoms with Crippen molar-refractivity contribution in [1.29, 1.82) is 0 Å². The van der Waals surface area contributed by atoms with Crippen LogP contribution >= 0.6 is 0 Å². The van der Waals surface area contributed by atoms with Crippen LogP contribution in [0.1, 0.15) is 33.6 Å². The number of carbonyl (C=O) groups excluding carboxylic acids is 1. The normalized spacial score (nSPS) is 13.7. The van der Waals surface area contributed by atoms with Gasteiger partial charge in [-0.15, -0.1) is 0 Å². The van der Waals surface area contributed by atoms with Crippen molar-refractivity contribution in [2.24, 2.45) is 5.92 Å². The fourth-order valence-electron chi connectivity index (χ4n) is 2.01. The monoisotopic (exact) mass is 267 g/mol. The van der Waals surface area contributed by atoms with Crippen molar-refractivity contribution in [3.8, 4) is 0 Å². The number of anilines is 1. The topological polar surface area (TPSA) is 38.3 Å². The maximum Gasteiger partial charge on any atom is 0.328 e. The first-order valence-corrected chi connectivity index (χ1v) is 6.77. The van der Waals surface area contributed by atoms with E-state index in [4.69, 9.17) is 4.74 Å². The Morgan fingerprint density at radius 1 is 1.32 bits per heavy atom. The molecule has 2 atom stereocenters. The first-order chi connectivity index (χ1) is 9.08. The van der Waals surface area contributed by atoms with E-state index in [0.29, 0.717) is 6.61 Å². The molecule has 0 saturated heterocycles. The van der Waals surface area contributed by atoms with Gasteiger partial charge in [-0.1, -0.05) is 20.3 Å². The van der Waals surface area contributed by atoms with Gasteiger partial charge in [-0.3, -0.25) is 0 Å². The van der Waals surface area contributed by atoms with E-state index >= 15 is 0 Å². The van der Waals surface area contributed by atoms with Crippen LogP contribution in [0.5, 0.6) is 0 Å². The van der Waals surface area contributed by atoms with Gasteiger partial charge >= 0.3 is 5.97 Å². The summed E-state index contributed by atoms with van der Waals surface area (Å²) in [5.41, 5.74) is 0.724. The molecule has 0 fully saturated rings. The molecule has 1 N–H and O–H groups in total. The zero-order valence-electron chi connectivity index (χ0n) is 11.8. The van der Waals surface area contributed by atoms with Crippen molar-refractivity contribution in [2.45, 2.75) is 39.7 Å². The molecule has 0 saturated carbocycles. The molecule has 0 radical (unpaired) electrons. The molecule has 3 nitrogen and oxygen atoms in total. The van der Waals surface area contributed by atoms with Crippen LogP contribution in [0.2, 0.25) is 0 Å². The van der Waals surface area contributed by atoms with Crippen LogP contribution in [-0.2, 0) is 9.53 Å². The van der Waals surface area contributed by atoms with Gasteiger partial charge in [-0.2, -0.15) is 0 Å². The third-order valence-electron chi connectivity index (χ3n) is 3.02. The summed E-state index contributed by atoms with van der Waals surface area (Å²) in [6.45, 7) is 6.24. The van der Waals surface area contributed by atoms with Gasteiger partial charge in [0, 0.05) is 5.69 Å². The molecule has 1 aromatic rings. The van der Waals surface area contributed by atoms with Crippen LogP contribution in [-0.4, -0.2) is 18.6 Å². The van der Waals surface area contributed by atoms with E-state index in [-0.39, 0.29) is 17.7 Å². The van der Waals surface area contributed by atoms with Gasteiger partial charge < -0.3 is 10.1 Å². The van der Waals surface area contributed by atoms with Crippen molar-refractivity contribution in [3.63, 3.8) is 0 Å². The highest BCUT2D eigenvalue weighted by molar-refractivity contribution is 5.79. The van der Waals surface area contributed by atoms with Gasteiger partial charge in [0.15, 0.2) is 0 Å². The summed E-state index contributed by atoms with van der Waals surface area (Å²) >= 11 is 0. The number of halogens is 1. The summed E-state index contributed by atoms with van der Waals surface area (Å²) in [4.78, 5) is 12.0. The van der Waals surface area contributed by atoms with Crippen LogP contribution in [0.4, 0.5) is 10.1 Å². The highest BCUT2D eigenvalue weighted by Gasteiger charge is 2.25. The van der Waals surface area contributed by atoms with Crippen LogP contribution in [0, 0.1) is 11.7 Å². The van der Waals surface area contributed by atoms with Crippen LogP contribution in [0.25, 0.3) is 0 Å². The van der Waals surface area contributed by atoms with Gasteiger partial charge in [0.05, 0.1) is 6.61 Å². The first kappa shape index (κ1) is 15.5. The smallest absolute Gasteiger partial charge is 0.328 e. The number of hydrogen-bond donors (Lipinski definition) is 1. The van der Waals surface area contributed by atoms with Crippen molar-refractivity contribution < 1.29 is 13.9 Å². The fraction of sp³-hybridized carbons (Fsp3) is 0.533. The number of benzene rings is 1. The van der Waals surface area contributed by atoms with E-state index in [2.05, 4.69) is 12.2 Å². The molecular weight excluding hydrogens is 245 g/mol. The summed E-state index contributed by atoms with van der Waals surface area (Å²) < 4.78 is 18.0. The van der Waals surface area contributed by atoms with E-state index in [0.717, 1.165) is 18.5 Å². The lowest BCUT2D eigenvalue weighted by molar-refractivity contribution is -0.145. The zero-order valence-corrected chi connectivity index (χ0v) is 11.8. The minimum Gasteiger partial charge on any atom is -0.464 e. The summed E-state index contributed by atoms with van der Waals surface area (Å²) in [5, 5.41) is 3.13. The van der Waals surface area contributed by atoms with Crippen molar-refractivity contribution >= 4 is 11.7 Å². The SMILES string of the molecule is CCCC(C)C(Nc1ccc(F)cc1)C(=O)OCC. The average molecular weight is 267 g/mol. The molecule has 1 rings (SSSR count). The Kier molecular flexibility index (Phi) is 6.33. The maximum absolute atomic E-state index is 12.9. The molecule has 19 heavy (non-hydrogen) atoms. The number of rotatable bonds is 7. The van der Waals surface area contributed by atoms with Gasteiger partial charge in [0.1, 0.15) is 11.9 Å². The standard InChI is InChI=1S/C15H22FNO2/c1-4-6-11(3)14(15(18)19-5-2)17-13-9-7-12(16)8-10-13/h7-11,14,17H,4-6H2,1-3H3. The van der Waals surface area contributed by atoms with Crippen molar-refractivity contribution in [3.05, 3.63) is 30.1 Å². The second-order valence-electron chi connectivity index (χ2n) is 4.65. The summed E-state index contributed by atoms with van der Waals surface area (Å²) in [5.74, 6) is -0.387. The van der Waals surface area contributed by atoms with Crippen LogP contribution in [0.3, 0.4) is 0 Å². The van der Waals surface area contributed by atoms with E-state index in [1.165, 1.54) is 12.1 Å². The van der Waals surface area contributed by atoms with Crippen LogP contribution < -0.4 is 5.32 Å². The Morgan fingerprint density at radius 2 is 1.95 bits per heavy atom. The Bertz CT molecular complexity index is 392. The van der Waals surface area contributed by atoms with Gasteiger partial charge in [-0.25, -0.2) is 9.18 Å². The summed E-state index contributed by atoms with van der Waals surface area (Å²) in [6.07, 6.45) is 1.93. The summed E-state index contributed by atoms with van der Waals surface area (Å²) in [6, 6.07) is 5.59. The number of hydrogen-bond acceptors (Lipinski definition) is 3. The third kappa shape index (κ3) is 4.89. The number of carbonyl (C=O) groups is 1. The van der Waals surface area contributed by atoms with Crippen LogP contribution in [0.15, 0.2) is 24.3 Å². The van der Waals surface area contributed by atoms with E-state index < -0.39 is 6.04 Å². The lowest BCUT2D eigenvalue weighted by Gasteiger charge is -2.24. The molecule has 0 heterocycles. The molecular formula is C15H22FNO2. The molecule has 0 bridgehead atoms. The Balaban J connectivity index is 2.78. The molecule has 1 aromatic carbocycles. The number of nitrogens with one attached hydrogen (secondary N) is 1. The average Bonchev–Trinajstić information content (AvgIpc) is 2.38. The van der Waals surface area contributed by atoms with E-state index in [1.54, 1.807) is 19.1 Å². The molecule has 4 heteroatoms. The Labute approximate surface area is 114 Å². The fourth-order valence-corrected chi connectivity index (χ4v) is 2.01.